The molecule has 4 aromatic rings. The van der Waals surface area contributed by atoms with Crippen molar-refractivity contribution in [3.8, 4) is 11.6 Å². The maximum atomic E-state index is 13.3. The zero-order valence-electron chi connectivity index (χ0n) is 18.1. The van der Waals surface area contributed by atoms with E-state index < -0.39 is 26.8 Å². The summed E-state index contributed by atoms with van der Waals surface area (Å²) in [5.41, 5.74) is 0.973. The molecular formula is C24H18N4O6. The van der Waals surface area contributed by atoms with E-state index in [-0.39, 0.29) is 17.1 Å². The molecule has 0 saturated heterocycles. The molecule has 0 fully saturated rings. The summed E-state index contributed by atoms with van der Waals surface area (Å²) in [5, 5.41) is 34.2. The van der Waals surface area contributed by atoms with Gasteiger partial charge in [0.1, 0.15) is 0 Å². The first-order valence-corrected chi connectivity index (χ1v) is 10.1. The van der Waals surface area contributed by atoms with Crippen LogP contribution in [0.15, 0.2) is 70.5 Å². The molecule has 1 N–H and O–H groups in total. The highest BCUT2D eigenvalue weighted by Crippen LogP contribution is 2.30. The van der Waals surface area contributed by atoms with Crippen LogP contribution in [0.2, 0.25) is 0 Å². The molecule has 34 heavy (non-hydrogen) atoms. The highest BCUT2D eigenvalue weighted by atomic mass is 16.6. The SMILES string of the molecule is Cc1ccc(-n2c(O)c(C=Nc3cc([N+](=O)[O-])cc([N+](=O)[O-])c3)c3ccccc3c2=O)c(C)c1. The molecule has 0 aliphatic carbocycles. The number of rotatable bonds is 5. The number of benzene rings is 3. The maximum absolute atomic E-state index is 13.3. The number of hydrogen-bond acceptors (Lipinski definition) is 7. The second-order valence-corrected chi connectivity index (χ2v) is 7.69. The first-order chi connectivity index (χ1) is 16.2. The van der Waals surface area contributed by atoms with Gasteiger partial charge in [-0.1, -0.05) is 35.9 Å². The number of non-ortho nitro benzene ring substituents is 2. The molecule has 10 heteroatoms. The molecule has 0 saturated carbocycles. The molecule has 0 aliphatic rings. The number of aromatic hydroxyl groups is 1. The smallest absolute Gasteiger partial charge is 0.278 e. The predicted molar refractivity (Wildman–Crippen MR) is 128 cm³/mol. The Labute approximate surface area is 192 Å². The average Bonchev–Trinajstić information content (AvgIpc) is 2.80. The number of nitro groups is 2. The van der Waals surface area contributed by atoms with Crippen LogP contribution < -0.4 is 5.56 Å². The van der Waals surface area contributed by atoms with E-state index in [1.807, 2.05) is 26.0 Å². The topological polar surface area (TPSA) is 141 Å². The van der Waals surface area contributed by atoms with E-state index in [1.165, 1.54) is 10.8 Å². The third kappa shape index (κ3) is 3.99. The van der Waals surface area contributed by atoms with Gasteiger partial charge in [-0.05, 0) is 31.5 Å². The normalized spacial score (nSPS) is 11.2. The summed E-state index contributed by atoms with van der Waals surface area (Å²) in [4.78, 5) is 38.3. The van der Waals surface area contributed by atoms with Gasteiger partial charge in [0.05, 0.1) is 32.9 Å². The molecule has 0 bridgehead atoms. The van der Waals surface area contributed by atoms with E-state index in [1.54, 1.807) is 30.3 Å². The molecule has 1 aromatic heterocycles. The van der Waals surface area contributed by atoms with Crippen LogP contribution in [-0.4, -0.2) is 25.7 Å². The highest BCUT2D eigenvalue weighted by Gasteiger charge is 2.19. The van der Waals surface area contributed by atoms with Crippen molar-refractivity contribution in [1.82, 2.24) is 4.57 Å². The van der Waals surface area contributed by atoms with Gasteiger partial charge >= 0.3 is 0 Å². The van der Waals surface area contributed by atoms with Gasteiger partial charge in [0, 0.05) is 29.1 Å². The first kappa shape index (κ1) is 22.3. The maximum Gasteiger partial charge on any atom is 0.278 e. The molecular weight excluding hydrogens is 440 g/mol. The summed E-state index contributed by atoms with van der Waals surface area (Å²) >= 11 is 0. The molecule has 0 amide bonds. The van der Waals surface area contributed by atoms with E-state index in [4.69, 9.17) is 0 Å². The van der Waals surface area contributed by atoms with E-state index in [0.717, 1.165) is 29.3 Å². The lowest BCUT2D eigenvalue weighted by molar-refractivity contribution is -0.394. The Morgan fingerprint density at radius 1 is 0.912 bits per heavy atom. The quantitative estimate of drug-likeness (QED) is 0.257. The Bertz CT molecular complexity index is 1540. The largest absolute Gasteiger partial charge is 0.494 e. The van der Waals surface area contributed by atoms with Gasteiger partial charge in [-0.25, -0.2) is 4.57 Å². The number of aromatic nitrogens is 1. The van der Waals surface area contributed by atoms with Crippen LogP contribution in [-0.2, 0) is 0 Å². The Kier molecular flexibility index (Phi) is 5.64. The molecule has 0 spiro atoms. The van der Waals surface area contributed by atoms with Crippen molar-refractivity contribution in [2.24, 2.45) is 4.99 Å². The summed E-state index contributed by atoms with van der Waals surface area (Å²) in [5.74, 6) is -0.376. The first-order valence-electron chi connectivity index (χ1n) is 10.1. The molecule has 4 rings (SSSR count). The van der Waals surface area contributed by atoms with Crippen LogP contribution in [0.5, 0.6) is 5.88 Å². The summed E-state index contributed by atoms with van der Waals surface area (Å²) in [6, 6.07) is 15.1. The fourth-order valence-corrected chi connectivity index (χ4v) is 3.77. The molecule has 0 aliphatic heterocycles. The number of aliphatic imine (C=N–C) groups is 1. The van der Waals surface area contributed by atoms with Crippen molar-refractivity contribution >= 4 is 34.0 Å². The Balaban J connectivity index is 1.97. The van der Waals surface area contributed by atoms with Crippen molar-refractivity contribution < 1.29 is 15.0 Å². The van der Waals surface area contributed by atoms with Gasteiger partial charge in [-0.2, -0.15) is 0 Å². The Morgan fingerprint density at radius 3 is 2.12 bits per heavy atom. The lowest BCUT2D eigenvalue weighted by atomic mass is 10.1. The van der Waals surface area contributed by atoms with Gasteiger partial charge in [0.25, 0.3) is 16.9 Å². The van der Waals surface area contributed by atoms with Crippen LogP contribution in [0.3, 0.4) is 0 Å². The van der Waals surface area contributed by atoms with Gasteiger partial charge in [0.15, 0.2) is 0 Å². The molecule has 0 radical (unpaired) electrons. The number of aryl methyl sites for hydroxylation is 2. The average molecular weight is 458 g/mol. The standard InChI is InChI=1S/C24H18N4O6/c1-14-7-8-22(15(2)9-14)26-23(29)20-6-4-3-5-19(20)21(24(26)30)13-25-16-10-17(27(31)32)12-18(11-16)28(33)34/h3-13,30H,1-2H3. The van der Waals surface area contributed by atoms with Crippen LogP contribution >= 0.6 is 0 Å². The number of pyridine rings is 1. The van der Waals surface area contributed by atoms with Crippen LogP contribution in [0.4, 0.5) is 17.1 Å². The third-order valence-corrected chi connectivity index (χ3v) is 5.35. The molecule has 1 heterocycles. The lowest BCUT2D eigenvalue weighted by Gasteiger charge is -2.16. The molecule has 0 unspecified atom stereocenters. The van der Waals surface area contributed by atoms with Gasteiger partial charge in [-0.15, -0.1) is 0 Å². The summed E-state index contributed by atoms with van der Waals surface area (Å²) in [6.45, 7) is 3.73. The highest BCUT2D eigenvalue weighted by molar-refractivity contribution is 6.02. The third-order valence-electron chi connectivity index (χ3n) is 5.35. The molecule has 170 valence electrons. The van der Waals surface area contributed by atoms with Gasteiger partial charge < -0.3 is 5.11 Å². The van der Waals surface area contributed by atoms with Crippen molar-refractivity contribution in [3.63, 3.8) is 0 Å². The van der Waals surface area contributed by atoms with Gasteiger partial charge in [-0.3, -0.25) is 30.0 Å². The summed E-state index contributed by atoms with van der Waals surface area (Å²) in [7, 11) is 0. The van der Waals surface area contributed by atoms with E-state index in [9.17, 15) is 30.1 Å². The minimum atomic E-state index is -0.751. The van der Waals surface area contributed by atoms with E-state index in [0.29, 0.717) is 16.5 Å². The number of nitro benzene ring substituents is 2. The van der Waals surface area contributed by atoms with Crippen LogP contribution in [0.1, 0.15) is 16.7 Å². The minimum Gasteiger partial charge on any atom is -0.494 e. The second kappa shape index (κ2) is 8.58. The molecule has 0 atom stereocenters. The lowest BCUT2D eigenvalue weighted by Crippen LogP contribution is -2.21. The second-order valence-electron chi connectivity index (χ2n) is 7.69. The van der Waals surface area contributed by atoms with Crippen molar-refractivity contribution in [1.29, 1.82) is 0 Å². The fourth-order valence-electron chi connectivity index (χ4n) is 3.77. The number of fused-ring (bicyclic) bond motifs is 1. The number of hydrogen-bond donors (Lipinski definition) is 1. The zero-order chi connectivity index (χ0) is 24.6. The van der Waals surface area contributed by atoms with Gasteiger partial charge in [0.2, 0.25) is 5.88 Å². The monoisotopic (exact) mass is 458 g/mol. The number of nitrogens with zero attached hydrogens (tertiary/aromatic N) is 4. The fraction of sp³-hybridized carbons (Fsp3) is 0.0833. The Hall–Kier alpha value is -4.86. The minimum absolute atomic E-state index is 0.0475. The van der Waals surface area contributed by atoms with Crippen molar-refractivity contribution in [2.75, 3.05) is 0 Å². The van der Waals surface area contributed by atoms with Crippen molar-refractivity contribution in [2.45, 2.75) is 13.8 Å². The van der Waals surface area contributed by atoms with Crippen molar-refractivity contribution in [3.05, 3.63) is 108 Å². The predicted octanol–water partition coefficient (Wildman–Crippen LogP) is 4.88. The summed E-state index contributed by atoms with van der Waals surface area (Å²) < 4.78 is 1.17. The zero-order valence-corrected chi connectivity index (χ0v) is 18.1. The summed E-state index contributed by atoms with van der Waals surface area (Å²) in [6.07, 6.45) is 1.24. The van der Waals surface area contributed by atoms with Crippen LogP contribution in [0, 0.1) is 34.1 Å². The van der Waals surface area contributed by atoms with Crippen LogP contribution in [0.25, 0.3) is 16.5 Å². The molecule has 10 nitrogen and oxygen atoms in total. The van der Waals surface area contributed by atoms with E-state index >= 15 is 0 Å². The molecule has 3 aromatic carbocycles. The van der Waals surface area contributed by atoms with E-state index in [2.05, 4.69) is 4.99 Å². The Morgan fingerprint density at radius 2 is 1.53 bits per heavy atom.